The number of nitriles is 1. The van der Waals surface area contributed by atoms with Crippen molar-refractivity contribution in [2.24, 2.45) is 0 Å². The Morgan fingerprint density at radius 1 is 2.00 bits per heavy atom. The molecular formula is CHNO3P+. The second-order valence-electron chi connectivity index (χ2n) is 0.420. The molecule has 0 heterocycles. The lowest BCUT2D eigenvalue weighted by molar-refractivity contribution is 0.389. The summed E-state index contributed by atoms with van der Waals surface area (Å²) in [6, 6.07) is 0. The van der Waals surface area contributed by atoms with Crippen molar-refractivity contribution < 1.29 is 14.0 Å². The average Bonchev–Trinajstić information content (AvgIpc) is 1.35. The third-order valence-corrected chi connectivity index (χ3v) is 0.357. The molecule has 0 spiro atoms. The molecule has 0 saturated carbocycles. The minimum atomic E-state index is -2.71. The highest BCUT2D eigenvalue weighted by atomic mass is 31.1. The minimum Gasteiger partial charge on any atom is -0.145 e. The summed E-state index contributed by atoms with van der Waals surface area (Å²) in [6.45, 7) is 0. The Balaban J connectivity index is 3.13. The van der Waals surface area contributed by atoms with E-state index in [0.717, 1.165) is 6.26 Å². The Labute approximate surface area is 34.9 Å². The van der Waals surface area contributed by atoms with Crippen LogP contribution in [0.4, 0.5) is 0 Å². The minimum absolute atomic E-state index is 1.03. The molecule has 0 bridgehead atoms. The van der Waals surface area contributed by atoms with Gasteiger partial charge in [-0.2, -0.15) is 0 Å². The number of nitrogens with zero attached hydrogens (tertiary/aromatic N) is 1. The highest BCUT2D eigenvalue weighted by molar-refractivity contribution is 7.32. The van der Waals surface area contributed by atoms with Gasteiger partial charge in [-0.25, -0.2) is 0 Å². The second kappa shape index (κ2) is 2.58. The smallest absolute Gasteiger partial charge is 0.145 e. The first-order valence-corrected chi connectivity index (χ1v) is 2.12. The van der Waals surface area contributed by atoms with Crippen LogP contribution in [0.1, 0.15) is 0 Å². The molecule has 0 saturated heterocycles. The first kappa shape index (κ1) is 5.35. The third kappa shape index (κ3) is 3.35. The van der Waals surface area contributed by atoms with Gasteiger partial charge in [0.2, 0.25) is 0 Å². The lowest BCUT2D eigenvalue weighted by Gasteiger charge is -1.54. The molecule has 0 aliphatic heterocycles. The first-order valence-electron chi connectivity index (χ1n) is 0.993. The molecule has 0 aliphatic rings. The lowest BCUT2D eigenvalue weighted by Crippen LogP contribution is -1.57. The van der Waals surface area contributed by atoms with Gasteiger partial charge in [-0.05, 0) is 0 Å². The molecule has 0 rings (SSSR count). The lowest BCUT2D eigenvalue weighted by atomic mass is 11.6. The number of hydrogen-bond donors (Lipinski definition) is 1. The quantitative estimate of drug-likeness (QED) is 0.381. The summed E-state index contributed by atoms with van der Waals surface area (Å²) < 4.78 is 12.7. The van der Waals surface area contributed by atoms with Crippen molar-refractivity contribution >= 4 is 8.25 Å². The molecule has 0 aromatic carbocycles. The second-order valence-corrected chi connectivity index (χ2v) is 1.08. The van der Waals surface area contributed by atoms with Crippen molar-refractivity contribution in [3.8, 4) is 6.26 Å². The van der Waals surface area contributed by atoms with E-state index in [4.69, 9.17) is 10.2 Å². The van der Waals surface area contributed by atoms with Crippen LogP contribution in [0.25, 0.3) is 0 Å². The topological polar surface area (TPSA) is 70.3 Å². The van der Waals surface area contributed by atoms with Crippen LogP contribution in [-0.4, -0.2) is 4.89 Å². The number of hydrogen-bond acceptors (Lipinski definition) is 3. The Morgan fingerprint density at radius 3 is 2.50 bits per heavy atom. The summed E-state index contributed by atoms with van der Waals surface area (Å²) in [4.78, 5) is 7.62. The van der Waals surface area contributed by atoms with Crippen LogP contribution < -0.4 is 0 Å². The third-order valence-electron chi connectivity index (χ3n) is 0.119. The van der Waals surface area contributed by atoms with Gasteiger partial charge in [0.15, 0.2) is 0 Å². The van der Waals surface area contributed by atoms with Crippen LogP contribution in [0, 0.1) is 11.5 Å². The van der Waals surface area contributed by atoms with Crippen LogP contribution >= 0.6 is 8.25 Å². The summed E-state index contributed by atoms with van der Waals surface area (Å²) in [6.07, 6.45) is 1.03. The van der Waals surface area contributed by atoms with Gasteiger partial charge in [0, 0.05) is 4.57 Å². The van der Waals surface area contributed by atoms with E-state index in [1.165, 1.54) is 0 Å². The van der Waals surface area contributed by atoms with E-state index in [-0.39, 0.29) is 0 Å². The maximum atomic E-state index is 9.30. The summed E-state index contributed by atoms with van der Waals surface area (Å²) in [7, 11) is -2.71. The molecular weight excluding hydrogens is 105 g/mol. The van der Waals surface area contributed by atoms with Crippen molar-refractivity contribution in [1.29, 1.82) is 5.26 Å². The molecule has 1 unspecified atom stereocenters. The van der Waals surface area contributed by atoms with Crippen molar-refractivity contribution in [1.82, 2.24) is 0 Å². The molecule has 0 aliphatic carbocycles. The van der Waals surface area contributed by atoms with Crippen LogP contribution in [0.5, 0.6) is 0 Å². The van der Waals surface area contributed by atoms with Gasteiger partial charge in [-0.15, -0.1) is 14.7 Å². The molecule has 1 N–H and O–H groups in total. The van der Waals surface area contributed by atoms with E-state index in [9.17, 15) is 4.57 Å². The maximum absolute atomic E-state index is 9.30. The molecule has 0 aromatic rings. The first-order chi connectivity index (χ1) is 2.77. The fourth-order valence-corrected chi connectivity index (χ4v) is 0.105. The predicted octanol–water partition coefficient (Wildman–Crippen LogP) is 0.134. The monoisotopic (exact) mass is 106 g/mol. The molecule has 6 heavy (non-hydrogen) atoms. The average molecular weight is 106 g/mol. The zero-order valence-corrected chi connectivity index (χ0v) is 3.55. The molecule has 0 aromatic heterocycles. The van der Waals surface area contributed by atoms with Crippen molar-refractivity contribution in [3.63, 3.8) is 0 Å². The summed E-state index contributed by atoms with van der Waals surface area (Å²) in [5.41, 5.74) is 0. The van der Waals surface area contributed by atoms with Gasteiger partial charge in [0.25, 0.3) is 0 Å². The van der Waals surface area contributed by atoms with E-state index in [1.54, 1.807) is 0 Å². The van der Waals surface area contributed by atoms with Crippen molar-refractivity contribution in [3.05, 3.63) is 0 Å². The normalized spacial score (nSPS) is 9.00. The van der Waals surface area contributed by atoms with Crippen molar-refractivity contribution in [2.45, 2.75) is 0 Å². The van der Waals surface area contributed by atoms with E-state index < -0.39 is 8.25 Å². The highest BCUT2D eigenvalue weighted by Crippen LogP contribution is 2.11. The summed E-state index contributed by atoms with van der Waals surface area (Å²) in [5, 5.41) is 7.42. The summed E-state index contributed by atoms with van der Waals surface area (Å²) in [5.74, 6) is 0. The highest BCUT2D eigenvalue weighted by Gasteiger charge is 2.08. The molecule has 1 atom stereocenters. The Hall–Kier alpha value is -0.650. The van der Waals surface area contributed by atoms with E-state index >= 15 is 0 Å². The maximum Gasteiger partial charge on any atom is 0.758 e. The van der Waals surface area contributed by atoms with Crippen LogP contribution in [0.15, 0.2) is 0 Å². The zero-order valence-electron chi connectivity index (χ0n) is 2.66. The van der Waals surface area contributed by atoms with Crippen LogP contribution in [0.3, 0.4) is 0 Å². The molecule has 0 amide bonds. The fourth-order valence-electron chi connectivity index (χ4n) is 0.0349. The van der Waals surface area contributed by atoms with E-state index in [2.05, 4.69) is 4.52 Å². The van der Waals surface area contributed by atoms with Crippen molar-refractivity contribution in [2.75, 3.05) is 0 Å². The Bertz CT molecular complexity index is 93.5. The molecule has 5 heteroatoms. The van der Waals surface area contributed by atoms with Crippen LogP contribution in [0.2, 0.25) is 0 Å². The SMILES string of the molecule is N#CO[P+](=O)O. The zero-order chi connectivity index (χ0) is 4.99. The molecule has 32 valence electrons. The Kier molecular flexibility index (Phi) is 2.30. The van der Waals surface area contributed by atoms with Crippen LogP contribution in [-0.2, 0) is 9.09 Å². The van der Waals surface area contributed by atoms with Gasteiger partial charge in [0.1, 0.15) is 0 Å². The molecule has 0 fully saturated rings. The molecule has 4 nitrogen and oxygen atoms in total. The Morgan fingerprint density at radius 2 is 2.50 bits per heavy atom. The summed E-state index contributed by atoms with van der Waals surface area (Å²) >= 11 is 0. The van der Waals surface area contributed by atoms with Gasteiger partial charge < -0.3 is 0 Å². The number of rotatable bonds is 1. The standard InChI is InChI=1S/CNO3P/c2-1-5-6(3)4/p+1. The molecule has 0 radical (unpaired) electrons. The van der Waals surface area contributed by atoms with Gasteiger partial charge in [0.05, 0.1) is 0 Å². The van der Waals surface area contributed by atoms with Gasteiger partial charge in [-0.1, -0.05) is 0 Å². The predicted molar refractivity (Wildman–Crippen MR) is 16.5 cm³/mol. The largest absolute Gasteiger partial charge is 0.758 e. The van der Waals surface area contributed by atoms with E-state index in [1.807, 2.05) is 0 Å². The fraction of sp³-hybridized carbons (Fsp3) is 0. The van der Waals surface area contributed by atoms with E-state index in [0.29, 0.717) is 0 Å². The van der Waals surface area contributed by atoms with Gasteiger partial charge in [-0.3, -0.25) is 0 Å². The van der Waals surface area contributed by atoms with Gasteiger partial charge >= 0.3 is 14.5 Å².